The number of rotatable bonds is 5. The summed E-state index contributed by atoms with van der Waals surface area (Å²) in [4.78, 5) is 0. The molecule has 2 heteroatoms. The largest absolute Gasteiger partial charge is 0.330 e. The van der Waals surface area contributed by atoms with Gasteiger partial charge in [-0.2, -0.15) is 0 Å². The summed E-state index contributed by atoms with van der Waals surface area (Å²) >= 11 is 0. The number of fused-ring (bicyclic) bond motifs is 3. The zero-order valence-electron chi connectivity index (χ0n) is 11.8. The van der Waals surface area contributed by atoms with Gasteiger partial charge in [0.15, 0.2) is 0 Å². The van der Waals surface area contributed by atoms with E-state index in [9.17, 15) is 0 Å². The van der Waals surface area contributed by atoms with Crippen molar-refractivity contribution in [3.05, 3.63) is 59.2 Å². The Morgan fingerprint density at radius 1 is 0.950 bits per heavy atom. The Balaban J connectivity index is 2.00. The molecule has 2 nitrogen and oxygen atoms in total. The predicted molar refractivity (Wildman–Crippen MR) is 84.8 cm³/mol. The van der Waals surface area contributed by atoms with Gasteiger partial charge in [-0.15, -0.1) is 0 Å². The van der Waals surface area contributed by atoms with Crippen molar-refractivity contribution in [2.24, 2.45) is 11.5 Å². The molecule has 1 aliphatic rings. The fourth-order valence-corrected chi connectivity index (χ4v) is 3.33. The second kappa shape index (κ2) is 5.78. The molecule has 104 valence electrons. The lowest BCUT2D eigenvalue weighted by atomic mass is 9.88. The first-order valence-electron chi connectivity index (χ1n) is 7.45. The van der Waals surface area contributed by atoms with Gasteiger partial charge in [-0.1, -0.05) is 42.5 Å². The van der Waals surface area contributed by atoms with Gasteiger partial charge in [0, 0.05) is 0 Å². The Kier molecular flexibility index (Phi) is 3.86. The molecule has 0 radical (unpaired) electrons. The highest BCUT2D eigenvalue weighted by Crippen LogP contribution is 2.40. The molecule has 0 aliphatic heterocycles. The summed E-state index contributed by atoms with van der Waals surface area (Å²) in [6.45, 7) is 1.44. The highest BCUT2D eigenvalue weighted by atomic mass is 14.6. The number of hydrogen-bond donors (Lipinski definition) is 2. The molecule has 1 atom stereocenters. The minimum atomic E-state index is 0.433. The Labute approximate surface area is 120 Å². The number of hydrogen-bond acceptors (Lipinski definition) is 2. The van der Waals surface area contributed by atoms with Crippen LogP contribution >= 0.6 is 0 Å². The van der Waals surface area contributed by atoms with E-state index in [1.54, 1.807) is 0 Å². The van der Waals surface area contributed by atoms with Gasteiger partial charge in [0.05, 0.1) is 0 Å². The molecule has 1 aliphatic carbocycles. The molecule has 4 N–H and O–H groups in total. The van der Waals surface area contributed by atoms with Crippen molar-refractivity contribution in [3.8, 4) is 11.1 Å². The third-order valence-corrected chi connectivity index (χ3v) is 4.37. The van der Waals surface area contributed by atoms with Crippen LogP contribution in [0.2, 0.25) is 0 Å². The van der Waals surface area contributed by atoms with Crippen LogP contribution in [-0.4, -0.2) is 13.1 Å². The van der Waals surface area contributed by atoms with E-state index in [2.05, 4.69) is 42.5 Å². The normalized spacial score (nSPS) is 13.9. The van der Waals surface area contributed by atoms with Crippen LogP contribution < -0.4 is 11.5 Å². The average Bonchev–Trinajstić information content (AvgIpc) is 2.87. The quantitative estimate of drug-likeness (QED) is 0.745. The van der Waals surface area contributed by atoms with Gasteiger partial charge in [-0.05, 0) is 66.1 Å². The van der Waals surface area contributed by atoms with Crippen LogP contribution in [0.3, 0.4) is 0 Å². The molecule has 20 heavy (non-hydrogen) atoms. The lowest BCUT2D eigenvalue weighted by Gasteiger charge is -2.18. The summed E-state index contributed by atoms with van der Waals surface area (Å²) in [6.07, 6.45) is 3.17. The second-order valence-electron chi connectivity index (χ2n) is 5.57. The SMILES string of the molecule is NCCCC(CN)c1cccc2c1Cc1ccccc1-2. The molecule has 1 unspecified atom stereocenters. The topological polar surface area (TPSA) is 52.0 Å². The van der Waals surface area contributed by atoms with Crippen LogP contribution in [0.1, 0.15) is 35.4 Å². The van der Waals surface area contributed by atoms with Gasteiger partial charge in [0.1, 0.15) is 0 Å². The van der Waals surface area contributed by atoms with E-state index in [1.807, 2.05) is 0 Å². The van der Waals surface area contributed by atoms with Crippen molar-refractivity contribution in [1.29, 1.82) is 0 Å². The molecule has 0 bridgehead atoms. The van der Waals surface area contributed by atoms with Crippen molar-refractivity contribution in [1.82, 2.24) is 0 Å². The van der Waals surface area contributed by atoms with Gasteiger partial charge in [0.25, 0.3) is 0 Å². The molecule has 0 amide bonds. The van der Waals surface area contributed by atoms with Crippen LogP contribution in [0.15, 0.2) is 42.5 Å². The van der Waals surface area contributed by atoms with Gasteiger partial charge in [0.2, 0.25) is 0 Å². The average molecular weight is 266 g/mol. The zero-order chi connectivity index (χ0) is 13.9. The van der Waals surface area contributed by atoms with Crippen LogP contribution in [0.5, 0.6) is 0 Å². The fraction of sp³-hybridized carbons (Fsp3) is 0.333. The van der Waals surface area contributed by atoms with Crippen molar-refractivity contribution in [2.45, 2.75) is 25.2 Å². The molecule has 2 aromatic carbocycles. The van der Waals surface area contributed by atoms with E-state index in [0.29, 0.717) is 12.5 Å². The maximum absolute atomic E-state index is 6.00. The first kappa shape index (κ1) is 13.3. The molecule has 0 spiro atoms. The van der Waals surface area contributed by atoms with E-state index in [4.69, 9.17) is 11.5 Å². The van der Waals surface area contributed by atoms with Gasteiger partial charge in [-0.3, -0.25) is 0 Å². The summed E-state index contributed by atoms with van der Waals surface area (Å²) in [5.74, 6) is 0.433. The second-order valence-corrected chi connectivity index (χ2v) is 5.57. The smallest absolute Gasteiger partial charge is 0.000812 e. The van der Waals surface area contributed by atoms with Crippen molar-refractivity contribution in [3.63, 3.8) is 0 Å². The van der Waals surface area contributed by atoms with Crippen LogP contribution in [0, 0.1) is 0 Å². The fourth-order valence-electron chi connectivity index (χ4n) is 3.33. The Morgan fingerprint density at radius 2 is 1.75 bits per heavy atom. The standard InChI is InChI=1S/C18H22N2/c19-10-4-6-14(12-20)16-8-3-9-17-15-7-2-1-5-13(15)11-18(16)17/h1-3,5,7-9,14H,4,6,10-12,19-20H2. The van der Waals surface area contributed by atoms with Crippen molar-refractivity contribution in [2.75, 3.05) is 13.1 Å². The molecule has 0 fully saturated rings. The van der Waals surface area contributed by atoms with Gasteiger partial charge >= 0.3 is 0 Å². The zero-order valence-corrected chi connectivity index (χ0v) is 11.8. The van der Waals surface area contributed by atoms with E-state index >= 15 is 0 Å². The maximum atomic E-state index is 6.00. The highest BCUT2D eigenvalue weighted by molar-refractivity contribution is 5.78. The molecular formula is C18H22N2. The van der Waals surface area contributed by atoms with E-state index in [-0.39, 0.29) is 0 Å². The molecule has 3 rings (SSSR count). The van der Waals surface area contributed by atoms with E-state index in [0.717, 1.165) is 25.8 Å². The van der Waals surface area contributed by atoms with Crippen LogP contribution in [0.4, 0.5) is 0 Å². The van der Waals surface area contributed by atoms with Crippen LogP contribution in [-0.2, 0) is 6.42 Å². The molecular weight excluding hydrogens is 244 g/mol. The molecule has 0 saturated carbocycles. The number of benzene rings is 2. The maximum Gasteiger partial charge on any atom is -0.000812 e. The highest BCUT2D eigenvalue weighted by Gasteiger charge is 2.23. The van der Waals surface area contributed by atoms with E-state index < -0.39 is 0 Å². The third kappa shape index (κ3) is 2.26. The minimum Gasteiger partial charge on any atom is -0.330 e. The monoisotopic (exact) mass is 266 g/mol. The Hall–Kier alpha value is -1.64. The first-order valence-corrected chi connectivity index (χ1v) is 7.45. The van der Waals surface area contributed by atoms with E-state index in [1.165, 1.54) is 27.8 Å². The summed E-state index contributed by atoms with van der Waals surface area (Å²) in [5, 5.41) is 0. The summed E-state index contributed by atoms with van der Waals surface area (Å²) in [7, 11) is 0. The molecule has 0 heterocycles. The summed E-state index contributed by atoms with van der Waals surface area (Å²) in [6, 6.07) is 15.4. The van der Waals surface area contributed by atoms with Crippen LogP contribution in [0.25, 0.3) is 11.1 Å². The summed E-state index contributed by atoms with van der Waals surface area (Å²) < 4.78 is 0. The Bertz CT molecular complexity index is 604. The van der Waals surface area contributed by atoms with Gasteiger partial charge < -0.3 is 11.5 Å². The minimum absolute atomic E-state index is 0.433. The molecule has 0 aromatic heterocycles. The predicted octanol–water partition coefficient (Wildman–Crippen LogP) is 3.04. The third-order valence-electron chi connectivity index (χ3n) is 4.37. The lowest BCUT2D eigenvalue weighted by Crippen LogP contribution is -2.15. The first-order chi connectivity index (χ1) is 9.85. The van der Waals surface area contributed by atoms with Crippen molar-refractivity contribution >= 4 is 0 Å². The van der Waals surface area contributed by atoms with Crippen molar-refractivity contribution < 1.29 is 0 Å². The lowest BCUT2D eigenvalue weighted by molar-refractivity contribution is 0.601. The molecule has 0 saturated heterocycles. The summed E-state index contributed by atoms with van der Waals surface area (Å²) in [5.41, 5.74) is 18.8. The molecule has 2 aromatic rings. The Morgan fingerprint density at radius 3 is 2.55 bits per heavy atom. The van der Waals surface area contributed by atoms with Gasteiger partial charge in [-0.25, -0.2) is 0 Å². The number of nitrogens with two attached hydrogens (primary N) is 2.